The van der Waals surface area contributed by atoms with Crippen LogP contribution in [0, 0.1) is 11.3 Å². The normalized spacial score (nSPS) is 11.8. The van der Waals surface area contributed by atoms with E-state index in [1.807, 2.05) is 24.3 Å². The molecule has 0 saturated carbocycles. The van der Waals surface area contributed by atoms with Gasteiger partial charge in [-0.1, -0.05) is 25.1 Å². The van der Waals surface area contributed by atoms with E-state index in [-0.39, 0.29) is 11.7 Å². The molecule has 4 heteroatoms. The van der Waals surface area contributed by atoms with Crippen LogP contribution in [0.25, 0.3) is 0 Å². The van der Waals surface area contributed by atoms with Crippen LogP contribution >= 0.6 is 0 Å². The van der Waals surface area contributed by atoms with Crippen LogP contribution in [0.4, 0.5) is 0 Å². The lowest BCUT2D eigenvalue weighted by Crippen LogP contribution is -2.15. The van der Waals surface area contributed by atoms with Crippen LogP contribution in [-0.4, -0.2) is 25.0 Å². The van der Waals surface area contributed by atoms with E-state index in [1.54, 1.807) is 32.4 Å². The van der Waals surface area contributed by atoms with Crippen LogP contribution < -0.4 is 9.47 Å². The van der Waals surface area contributed by atoms with Gasteiger partial charge in [0.1, 0.15) is 5.75 Å². The van der Waals surface area contributed by atoms with Crippen LogP contribution in [-0.2, 0) is 6.42 Å². The van der Waals surface area contributed by atoms with E-state index < -0.39 is 0 Å². The molecular formula is C20H25NO3. The Hall–Kier alpha value is -2.49. The van der Waals surface area contributed by atoms with Gasteiger partial charge in [-0.05, 0) is 49.1 Å². The van der Waals surface area contributed by atoms with E-state index in [9.17, 15) is 5.11 Å². The minimum Gasteiger partial charge on any atom is -0.507 e. The van der Waals surface area contributed by atoms with Gasteiger partial charge >= 0.3 is 0 Å². The molecule has 0 fully saturated rings. The van der Waals surface area contributed by atoms with E-state index >= 15 is 0 Å². The van der Waals surface area contributed by atoms with Gasteiger partial charge in [0, 0.05) is 17.2 Å². The van der Waals surface area contributed by atoms with Crippen molar-refractivity contribution in [1.82, 2.24) is 0 Å². The first-order valence-electron chi connectivity index (χ1n) is 8.18. The summed E-state index contributed by atoms with van der Waals surface area (Å²) in [5.74, 6) is 1.72. The maximum absolute atomic E-state index is 9.97. The zero-order valence-electron chi connectivity index (χ0n) is 14.5. The van der Waals surface area contributed by atoms with Gasteiger partial charge < -0.3 is 20.0 Å². The van der Waals surface area contributed by atoms with E-state index in [4.69, 9.17) is 14.9 Å². The van der Waals surface area contributed by atoms with Crippen molar-refractivity contribution in [1.29, 1.82) is 5.41 Å². The van der Waals surface area contributed by atoms with Gasteiger partial charge in [0.05, 0.1) is 14.2 Å². The highest BCUT2D eigenvalue weighted by Gasteiger charge is 2.17. The van der Waals surface area contributed by atoms with Crippen molar-refractivity contribution in [3.63, 3.8) is 0 Å². The molecule has 1 unspecified atom stereocenters. The summed E-state index contributed by atoms with van der Waals surface area (Å²) < 4.78 is 10.6. The lowest BCUT2D eigenvalue weighted by molar-refractivity contribution is 0.354. The Labute approximate surface area is 143 Å². The number of methoxy groups -OCH3 is 2. The smallest absolute Gasteiger partial charge is 0.160 e. The van der Waals surface area contributed by atoms with Gasteiger partial charge in [-0.15, -0.1) is 0 Å². The fourth-order valence-corrected chi connectivity index (χ4v) is 2.85. The quantitative estimate of drug-likeness (QED) is 0.705. The molecule has 2 N–H and O–H groups in total. The van der Waals surface area contributed by atoms with Crippen molar-refractivity contribution in [2.45, 2.75) is 26.2 Å². The highest BCUT2D eigenvalue weighted by Crippen LogP contribution is 2.29. The summed E-state index contributed by atoms with van der Waals surface area (Å²) in [5, 5.41) is 18.4. The van der Waals surface area contributed by atoms with Crippen molar-refractivity contribution in [3.8, 4) is 17.2 Å². The van der Waals surface area contributed by atoms with Crippen molar-refractivity contribution < 1.29 is 14.6 Å². The largest absolute Gasteiger partial charge is 0.507 e. The lowest BCUT2D eigenvalue weighted by atomic mass is 9.88. The predicted octanol–water partition coefficient (Wildman–Crippen LogP) is 4.44. The fraction of sp³-hybridized carbons (Fsp3) is 0.350. The monoisotopic (exact) mass is 327 g/mol. The van der Waals surface area contributed by atoms with E-state index in [0.717, 1.165) is 36.3 Å². The van der Waals surface area contributed by atoms with Gasteiger partial charge in [0.2, 0.25) is 0 Å². The molecule has 0 aliphatic rings. The Morgan fingerprint density at radius 2 is 1.79 bits per heavy atom. The number of benzene rings is 2. The SMILES string of the molecule is CCC(CCc1ccc(OC)c(OC)c1)C(=N)c1ccccc1O. The maximum Gasteiger partial charge on any atom is 0.160 e. The van der Waals surface area contributed by atoms with Crippen molar-refractivity contribution in [3.05, 3.63) is 53.6 Å². The minimum atomic E-state index is 0.103. The highest BCUT2D eigenvalue weighted by molar-refractivity contribution is 6.02. The molecule has 4 nitrogen and oxygen atoms in total. The molecule has 0 bridgehead atoms. The molecule has 0 heterocycles. The number of phenols is 1. The van der Waals surface area contributed by atoms with Crippen molar-refractivity contribution in [2.75, 3.05) is 14.2 Å². The number of aromatic hydroxyl groups is 1. The summed E-state index contributed by atoms with van der Waals surface area (Å²) in [6, 6.07) is 13.0. The number of rotatable bonds is 8. The number of para-hydroxylation sites is 1. The fourth-order valence-electron chi connectivity index (χ4n) is 2.85. The Balaban J connectivity index is 2.09. The van der Waals surface area contributed by atoms with Gasteiger partial charge in [-0.3, -0.25) is 0 Å². The molecule has 2 aromatic rings. The molecule has 0 saturated heterocycles. The van der Waals surface area contributed by atoms with E-state index in [2.05, 4.69) is 6.92 Å². The minimum absolute atomic E-state index is 0.103. The zero-order valence-corrected chi connectivity index (χ0v) is 14.5. The summed E-state index contributed by atoms with van der Waals surface area (Å²) in [4.78, 5) is 0. The maximum atomic E-state index is 9.97. The topological polar surface area (TPSA) is 62.5 Å². The highest BCUT2D eigenvalue weighted by atomic mass is 16.5. The molecular weight excluding hydrogens is 302 g/mol. The van der Waals surface area contributed by atoms with Gasteiger partial charge in [0.25, 0.3) is 0 Å². The predicted molar refractivity (Wildman–Crippen MR) is 96.6 cm³/mol. The second kappa shape index (κ2) is 8.39. The Morgan fingerprint density at radius 3 is 2.42 bits per heavy atom. The second-order valence-corrected chi connectivity index (χ2v) is 5.76. The summed E-state index contributed by atoms with van der Waals surface area (Å²) in [6.45, 7) is 2.08. The summed E-state index contributed by atoms with van der Waals surface area (Å²) >= 11 is 0. The molecule has 0 amide bonds. The van der Waals surface area contributed by atoms with Crippen LogP contribution in [0.5, 0.6) is 17.2 Å². The number of ether oxygens (including phenoxy) is 2. The summed E-state index contributed by atoms with van der Waals surface area (Å²) in [7, 11) is 3.25. The zero-order chi connectivity index (χ0) is 17.5. The molecule has 2 rings (SSSR count). The molecule has 1 atom stereocenters. The number of hydrogen-bond donors (Lipinski definition) is 2. The Kier molecular flexibility index (Phi) is 6.24. The molecule has 0 aromatic heterocycles. The van der Waals surface area contributed by atoms with Crippen LogP contribution in [0.15, 0.2) is 42.5 Å². The first kappa shape index (κ1) is 17.9. The Morgan fingerprint density at radius 1 is 1.08 bits per heavy atom. The van der Waals surface area contributed by atoms with Gasteiger partial charge in [0.15, 0.2) is 11.5 Å². The number of nitrogens with one attached hydrogen (secondary N) is 1. The third-order valence-electron chi connectivity index (χ3n) is 4.32. The number of hydrogen-bond acceptors (Lipinski definition) is 4. The van der Waals surface area contributed by atoms with Gasteiger partial charge in [-0.2, -0.15) is 0 Å². The first-order valence-corrected chi connectivity index (χ1v) is 8.18. The molecule has 24 heavy (non-hydrogen) atoms. The standard InChI is InChI=1S/C20H25NO3/c1-4-15(20(21)16-7-5-6-8-17(16)22)11-9-14-10-12-18(23-2)19(13-14)24-3/h5-8,10,12-13,15,21-22H,4,9,11H2,1-3H3. The molecule has 128 valence electrons. The van der Waals surface area contributed by atoms with E-state index in [1.165, 1.54) is 0 Å². The van der Waals surface area contributed by atoms with Crippen LogP contribution in [0.1, 0.15) is 30.9 Å². The number of phenolic OH excluding ortho intramolecular Hbond substituents is 1. The van der Waals surface area contributed by atoms with E-state index in [0.29, 0.717) is 11.3 Å². The summed E-state index contributed by atoms with van der Waals surface area (Å²) in [6.07, 6.45) is 2.55. The average molecular weight is 327 g/mol. The van der Waals surface area contributed by atoms with Crippen molar-refractivity contribution >= 4 is 5.71 Å². The lowest BCUT2D eigenvalue weighted by Gasteiger charge is -2.18. The number of aryl methyl sites for hydroxylation is 1. The molecule has 0 aliphatic heterocycles. The van der Waals surface area contributed by atoms with Crippen LogP contribution in [0.3, 0.4) is 0 Å². The second-order valence-electron chi connectivity index (χ2n) is 5.76. The molecule has 2 aromatic carbocycles. The Bertz CT molecular complexity index is 697. The summed E-state index contributed by atoms with van der Waals surface area (Å²) in [5.41, 5.74) is 2.27. The van der Waals surface area contributed by atoms with Gasteiger partial charge in [-0.25, -0.2) is 0 Å². The molecule has 0 radical (unpaired) electrons. The third-order valence-corrected chi connectivity index (χ3v) is 4.32. The van der Waals surface area contributed by atoms with Crippen molar-refractivity contribution in [2.24, 2.45) is 5.92 Å². The molecule has 0 spiro atoms. The average Bonchev–Trinajstić information content (AvgIpc) is 2.62. The molecule has 0 aliphatic carbocycles. The van der Waals surface area contributed by atoms with Crippen LogP contribution in [0.2, 0.25) is 0 Å². The first-order chi connectivity index (χ1) is 11.6. The third kappa shape index (κ3) is 4.07.